The first-order valence-electron chi connectivity index (χ1n) is 10.6. The average molecular weight is 482 g/mol. The van der Waals surface area contributed by atoms with Gasteiger partial charge in [0.2, 0.25) is 0 Å². The summed E-state index contributed by atoms with van der Waals surface area (Å²) in [6.45, 7) is 3.87. The van der Waals surface area contributed by atoms with Crippen LogP contribution in [-0.4, -0.2) is 27.0 Å². The molecule has 5 nitrogen and oxygen atoms in total. The number of aryl methyl sites for hydroxylation is 1. The number of fused-ring (bicyclic) bond motifs is 3. The standard InChI is InChI=1S/C26H24ClNO4S/c1-3-32-26(29)15-11-21-16-19-6-4-5-7-23(19)24-17-20(27)10-14-25(24)28(21)33(30,31)22-12-8-18(2)9-13-22/h4-15,17,21H,3,16H2,1-2H3/b15-11+. The van der Waals surface area contributed by atoms with Crippen molar-refractivity contribution >= 4 is 33.3 Å². The second-order valence-electron chi connectivity index (χ2n) is 7.82. The van der Waals surface area contributed by atoms with Crippen LogP contribution in [0.4, 0.5) is 5.69 Å². The van der Waals surface area contributed by atoms with E-state index in [9.17, 15) is 13.2 Å². The summed E-state index contributed by atoms with van der Waals surface area (Å²) in [5.41, 5.74) is 4.06. The number of carbonyl (C=O) groups excluding carboxylic acids is 1. The molecule has 0 radical (unpaired) electrons. The summed E-state index contributed by atoms with van der Waals surface area (Å²) in [5, 5.41) is 0.511. The van der Waals surface area contributed by atoms with Gasteiger partial charge in [-0.3, -0.25) is 4.31 Å². The summed E-state index contributed by atoms with van der Waals surface area (Å²) >= 11 is 6.32. The molecular formula is C26H24ClNO4S. The van der Waals surface area contributed by atoms with Crippen LogP contribution in [0.5, 0.6) is 0 Å². The van der Waals surface area contributed by atoms with Crippen molar-refractivity contribution in [3.63, 3.8) is 0 Å². The van der Waals surface area contributed by atoms with Crippen molar-refractivity contribution in [3.8, 4) is 11.1 Å². The van der Waals surface area contributed by atoms with Crippen molar-refractivity contribution in [1.29, 1.82) is 0 Å². The molecule has 0 aliphatic carbocycles. The van der Waals surface area contributed by atoms with Crippen LogP contribution >= 0.6 is 11.6 Å². The van der Waals surface area contributed by atoms with Gasteiger partial charge in [0.25, 0.3) is 10.0 Å². The molecule has 0 saturated carbocycles. The fourth-order valence-electron chi connectivity index (χ4n) is 4.02. The van der Waals surface area contributed by atoms with Crippen LogP contribution in [-0.2, 0) is 26.0 Å². The largest absolute Gasteiger partial charge is 0.463 e. The van der Waals surface area contributed by atoms with Gasteiger partial charge in [0.1, 0.15) is 0 Å². The number of nitrogens with zero attached hydrogens (tertiary/aromatic N) is 1. The molecule has 0 spiro atoms. The molecule has 0 aromatic heterocycles. The van der Waals surface area contributed by atoms with Gasteiger partial charge in [0, 0.05) is 16.7 Å². The Labute approximate surface area is 199 Å². The van der Waals surface area contributed by atoms with E-state index in [1.54, 1.807) is 55.5 Å². The highest BCUT2D eigenvalue weighted by molar-refractivity contribution is 7.92. The number of esters is 1. The zero-order valence-electron chi connectivity index (χ0n) is 18.4. The second kappa shape index (κ2) is 9.41. The van der Waals surface area contributed by atoms with Crippen LogP contribution in [0.3, 0.4) is 0 Å². The van der Waals surface area contributed by atoms with Gasteiger partial charge >= 0.3 is 5.97 Å². The third-order valence-corrected chi connectivity index (χ3v) is 7.64. The molecule has 1 aliphatic heterocycles. The van der Waals surface area contributed by atoms with E-state index < -0.39 is 22.0 Å². The predicted octanol–water partition coefficient (Wildman–Crippen LogP) is 5.55. The predicted molar refractivity (Wildman–Crippen MR) is 131 cm³/mol. The summed E-state index contributed by atoms with van der Waals surface area (Å²) < 4.78 is 34.4. The third kappa shape index (κ3) is 4.68. The number of carbonyl (C=O) groups is 1. The number of sulfonamides is 1. The number of ether oxygens (including phenoxy) is 1. The van der Waals surface area contributed by atoms with Gasteiger partial charge in [-0.15, -0.1) is 0 Å². The highest BCUT2D eigenvalue weighted by atomic mass is 35.5. The van der Waals surface area contributed by atoms with Crippen molar-refractivity contribution in [3.05, 3.63) is 95.0 Å². The Morgan fingerprint density at radius 1 is 1.09 bits per heavy atom. The van der Waals surface area contributed by atoms with Crippen LogP contribution in [0.1, 0.15) is 18.1 Å². The molecule has 4 rings (SSSR count). The van der Waals surface area contributed by atoms with Gasteiger partial charge in [-0.25, -0.2) is 13.2 Å². The van der Waals surface area contributed by atoms with Crippen molar-refractivity contribution in [2.75, 3.05) is 10.9 Å². The van der Waals surface area contributed by atoms with Crippen molar-refractivity contribution in [1.82, 2.24) is 0 Å². The van der Waals surface area contributed by atoms with E-state index in [-0.39, 0.29) is 11.5 Å². The van der Waals surface area contributed by atoms with Crippen LogP contribution in [0.2, 0.25) is 5.02 Å². The van der Waals surface area contributed by atoms with E-state index in [0.29, 0.717) is 17.1 Å². The number of benzene rings is 3. The van der Waals surface area contributed by atoms with Gasteiger partial charge in [0.05, 0.1) is 23.2 Å². The van der Waals surface area contributed by atoms with E-state index in [4.69, 9.17) is 16.3 Å². The van der Waals surface area contributed by atoms with E-state index in [0.717, 1.165) is 22.3 Å². The maximum atomic E-state index is 14.0. The van der Waals surface area contributed by atoms with E-state index in [1.807, 2.05) is 31.2 Å². The molecule has 3 aromatic carbocycles. The van der Waals surface area contributed by atoms with Gasteiger partial charge < -0.3 is 4.74 Å². The first-order valence-corrected chi connectivity index (χ1v) is 12.5. The molecule has 3 aromatic rings. The minimum absolute atomic E-state index is 0.175. The van der Waals surface area contributed by atoms with E-state index in [2.05, 4.69) is 0 Å². The average Bonchev–Trinajstić information content (AvgIpc) is 2.92. The SMILES string of the molecule is CCOC(=O)/C=C/C1Cc2ccccc2-c2cc(Cl)ccc2N1S(=O)(=O)c1ccc(C)cc1. The topological polar surface area (TPSA) is 63.7 Å². The fourth-order valence-corrected chi connectivity index (χ4v) is 5.82. The lowest BCUT2D eigenvalue weighted by Crippen LogP contribution is -2.40. The number of hydrogen-bond donors (Lipinski definition) is 0. The Bertz CT molecular complexity index is 1320. The normalized spacial score (nSPS) is 15.6. The monoisotopic (exact) mass is 481 g/mol. The Kier molecular flexibility index (Phi) is 6.58. The number of rotatable bonds is 5. The summed E-state index contributed by atoms with van der Waals surface area (Å²) in [4.78, 5) is 12.3. The molecule has 0 bridgehead atoms. The van der Waals surface area contributed by atoms with Crippen molar-refractivity contribution in [2.45, 2.75) is 31.2 Å². The summed E-state index contributed by atoms with van der Waals surface area (Å²) in [6, 6.07) is 19.0. The van der Waals surface area contributed by atoms with Crippen LogP contribution in [0, 0.1) is 6.92 Å². The van der Waals surface area contributed by atoms with Crippen LogP contribution in [0.15, 0.2) is 83.8 Å². The summed E-state index contributed by atoms with van der Waals surface area (Å²) in [6.07, 6.45) is 3.28. The second-order valence-corrected chi connectivity index (χ2v) is 10.1. The van der Waals surface area contributed by atoms with Crippen LogP contribution < -0.4 is 4.31 Å². The number of anilines is 1. The lowest BCUT2D eigenvalue weighted by molar-refractivity contribution is -0.137. The molecule has 0 N–H and O–H groups in total. The van der Waals surface area contributed by atoms with E-state index in [1.165, 1.54) is 10.4 Å². The molecule has 1 unspecified atom stereocenters. The minimum Gasteiger partial charge on any atom is -0.463 e. The Morgan fingerprint density at radius 3 is 2.55 bits per heavy atom. The van der Waals surface area contributed by atoms with Gasteiger partial charge in [-0.1, -0.05) is 59.6 Å². The van der Waals surface area contributed by atoms with Gasteiger partial charge in [0.15, 0.2) is 0 Å². The molecule has 7 heteroatoms. The third-order valence-electron chi connectivity index (χ3n) is 5.55. The molecule has 0 fully saturated rings. The molecule has 0 saturated heterocycles. The zero-order valence-corrected chi connectivity index (χ0v) is 19.9. The Morgan fingerprint density at radius 2 is 1.82 bits per heavy atom. The summed E-state index contributed by atoms with van der Waals surface area (Å²) in [5.74, 6) is -0.515. The van der Waals surface area contributed by atoms with E-state index >= 15 is 0 Å². The first-order chi connectivity index (χ1) is 15.8. The van der Waals surface area contributed by atoms with Crippen molar-refractivity contribution < 1.29 is 17.9 Å². The molecule has 1 heterocycles. The zero-order chi connectivity index (χ0) is 23.6. The maximum absolute atomic E-state index is 14.0. The lowest BCUT2D eigenvalue weighted by Gasteiger charge is -2.30. The quantitative estimate of drug-likeness (QED) is 0.354. The Hall–Kier alpha value is -3.09. The maximum Gasteiger partial charge on any atom is 0.330 e. The molecule has 170 valence electrons. The van der Waals surface area contributed by atoms with Crippen molar-refractivity contribution in [2.24, 2.45) is 0 Å². The molecular weight excluding hydrogens is 458 g/mol. The van der Waals surface area contributed by atoms with Gasteiger partial charge in [-0.05, 0) is 61.7 Å². The smallest absolute Gasteiger partial charge is 0.330 e. The molecule has 1 aliphatic rings. The number of hydrogen-bond acceptors (Lipinski definition) is 4. The fraction of sp³-hybridized carbons (Fsp3) is 0.192. The lowest BCUT2D eigenvalue weighted by atomic mass is 9.97. The van der Waals surface area contributed by atoms with Gasteiger partial charge in [-0.2, -0.15) is 0 Å². The highest BCUT2D eigenvalue weighted by Gasteiger charge is 2.35. The highest BCUT2D eigenvalue weighted by Crippen LogP contribution is 2.42. The summed E-state index contributed by atoms with van der Waals surface area (Å²) in [7, 11) is -3.97. The molecule has 33 heavy (non-hydrogen) atoms. The number of halogens is 1. The van der Waals surface area contributed by atoms with Crippen LogP contribution in [0.25, 0.3) is 11.1 Å². The Balaban J connectivity index is 1.95. The first kappa shape index (κ1) is 23.1. The molecule has 0 amide bonds. The molecule has 1 atom stereocenters. The minimum atomic E-state index is -3.97.